The topological polar surface area (TPSA) is 327 Å². The molecule has 9 heterocycles. The van der Waals surface area contributed by atoms with Crippen LogP contribution in [0.3, 0.4) is 0 Å². The second kappa shape index (κ2) is 42.1. The molecule has 4 aliphatic rings. The summed E-state index contributed by atoms with van der Waals surface area (Å²) in [5.41, 5.74) is 9.71. The van der Waals surface area contributed by atoms with E-state index in [0.29, 0.717) is 62.8 Å². The third-order valence-electron chi connectivity index (χ3n) is 24.3. The third kappa shape index (κ3) is 20.5. The van der Waals surface area contributed by atoms with Gasteiger partial charge in [0.15, 0.2) is 34.3 Å². The number of carbonyl (C=O) groups is 6. The molecule has 0 saturated carbocycles. The number of amides is 4. The average Bonchev–Trinajstić information content (AvgIpc) is 0.772. The maximum absolute atomic E-state index is 14.4. The maximum Gasteiger partial charge on any atom is 0.345 e. The minimum atomic E-state index is -0.768. The number of hydrogen-bond donors (Lipinski definition) is 2. The average molecular weight is 1830 g/mol. The summed E-state index contributed by atoms with van der Waals surface area (Å²) in [6.45, 7) is 24.0. The van der Waals surface area contributed by atoms with Gasteiger partial charge in [-0.15, -0.1) is 0 Å². The first-order valence-electron chi connectivity index (χ1n) is 44.7. The molecule has 2 N–H and O–H groups in total. The zero-order valence-electron chi connectivity index (χ0n) is 76.2. The van der Waals surface area contributed by atoms with E-state index in [0.717, 1.165) is 92.4 Å². The van der Waals surface area contributed by atoms with Crippen LogP contribution in [-0.4, -0.2) is 161 Å². The highest BCUT2D eigenvalue weighted by atomic mass is 35.5. The van der Waals surface area contributed by atoms with Crippen molar-refractivity contribution in [3.05, 3.63) is 402 Å². The van der Waals surface area contributed by atoms with E-state index in [2.05, 4.69) is 67.8 Å². The first kappa shape index (κ1) is 95.2. The normalized spacial score (nSPS) is 16.4. The number of likely N-dealkylation sites (N-methyl/N-ethyl adjacent to an activating group) is 1. The molecule has 0 spiro atoms. The lowest BCUT2D eigenvalue weighted by atomic mass is 9.83. The molecule has 13 aromatic rings. The van der Waals surface area contributed by atoms with E-state index < -0.39 is 74.8 Å². The number of fused-ring (bicyclic) bond motifs is 4. The molecule has 4 aliphatic heterocycles. The van der Waals surface area contributed by atoms with E-state index >= 15 is 0 Å². The van der Waals surface area contributed by atoms with E-state index in [1.807, 2.05) is 208 Å². The number of carbonyl (C=O) groups excluding carboxylic acids is 6. The van der Waals surface area contributed by atoms with Crippen LogP contribution in [0.15, 0.2) is 275 Å². The van der Waals surface area contributed by atoms with Gasteiger partial charge in [0.05, 0.1) is 60.4 Å². The summed E-state index contributed by atoms with van der Waals surface area (Å²) in [5, 5.41) is 38.9. The largest absolute Gasteiger partial charge is 0.502 e. The minimum Gasteiger partial charge on any atom is -0.502 e. The molecule has 0 fully saturated rings. The van der Waals surface area contributed by atoms with Crippen molar-refractivity contribution in [3.8, 4) is 23.0 Å². The first-order chi connectivity index (χ1) is 64.5. The van der Waals surface area contributed by atoms with Crippen molar-refractivity contribution < 1.29 is 52.8 Å². The molecular weight excluding hydrogens is 1720 g/mol. The van der Waals surface area contributed by atoms with E-state index in [1.165, 1.54) is 44.6 Å². The van der Waals surface area contributed by atoms with Crippen molar-refractivity contribution in [2.24, 2.45) is 5.92 Å². The fourth-order valence-corrected chi connectivity index (χ4v) is 18.3. The first-order valence-corrected chi connectivity index (χ1v) is 45.1. The summed E-state index contributed by atoms with van der Waals surface area (Å²) in [6, 6.07) is 68.2. The molecule has 5 aromatic heterocycles. The molecule has 8 unspecified atom stereocenters. The molecule has 8 aromatic carbocycles. The van der Waals surface area contributed by atoms with Crippen LogP contribution in [0.1, 0.15) is 228 Å². The number of ether oxygens (including phenoxy) is 2. The zero-order chi connectivity index (χ0) is 95.5. The maximum atomic E-state index is 14.4. The summed E-state index contributed by atoms with van der Waals surface area (Å²) in [4.78, 5) is 139. The molecule has 134 heavy (non-hydrogen) atoms. The van der Waals surface area contributed by atoms with Crippen LogP contribution in [0.5, 0.6) is 23.0 Å². The molecule has 0 aliphatic carbocycles. The van der Waals surface area contributed by atoms with Crippen molar-refractivity contribution in [1.29, 1.82) is 0 Å². The van der Waals surface area contributed by atoms with Gasteiger partial charge in [0, 0.05) is 92.9 Å². The number of benzene rings is 8. The summed E-state index contributed by atoms with van der Waals surface area (Å²) >= 11 is 6.33. The highest BCUT2D eigenvalue weighted by Gasteiger charge is 2.46. The van der Waals surface area contributed by atoms with Gasteiger partial charge < -0.3 is 39.3 Å². The number of aryl methyl sites for hydroxylation is 4. The predicted octanol–water partition coefficient (Wildman–Crippen LogP) is 16.2. The molecule has 0 radical (unpaired) electrons. The number of halogens is 2. The van der Waals surface area contributed by atoms with Crippen LogP contribution < -0.4 is 31.2 Å². The standard InChI is InChI=1S/C29H26N4O4.C28H30FN3O4.C24H24ClN3O3.C24H25N3O3/c1-3-32-18-23(25(20-10-5-4-6-11-20)21-12-7-9-19(2)15-21)33-26(28(32)35)27(24(34)17-31-33)37-29(36)22-13-8-14-30-16-22;1-5-12-31-16-22(24(19-9-6-8-18(4)13-19)20-10-7-11-21(29)14-20)32-25(27(31)34)26(23(33)15-30-32)36-28(35)17(2)3;1-3-10-27-14-19(28-22(24(27)31)23(30)20(29)13-26-28)21(16-7-4-6-15(2)11-16)17-8-5-9-18(25)12-17;1-15(2)26-14-19(27-22(24(26)30)23(29)20(28)13-25-27)21(17-9-5-4-6-10-17)18-11-7-8-16(3)12-18/h4-17,23,25H,3,18H2,1-2H3;6-11,13-15,17,22,24H,5,12,16H2,1-4H3;4-9,11-13,19,21,30H,3,10,14H2,1-2H3;4-13,15,19,21,29H,14H2,1-3H3. The number of pyridine rings is 1. The Balaban J connectivity index is 0.000000144. The Hall–Kier alpha value is -14.9. The van der Waals surface area contributed by atoms with Gasteiger partial charge in [0.1, 0.15) is 5.82 Å². The molecule has 688 valence electrons. The Kier molecular flexibility index (Phi) is 29.9. The molecule has 27 nitrogen and oxygen atoms in total. The van der Waals surface area contributed by atoms with Gasteiger partial charge in [0.25, 0.3) is 23.6 Å². The van der Waals surface area contributed by atoms with Gasteiger partial charge in [-0.25, -0.2) is 9.18 Å². The van der Waals surface area contributed by atoms with Crippen molar-refractivity contribution in [2.45, 2.75) is 143 Å². The zero-order valence-corrected chi connectivity index (χ0v) is 77.0. The highest BCUT2D eigenvalue weighted by molar-refractivity contribution is 6.30. The van der Waals surface area contributed by atoms with E-state index in [-0.39, 0.29) is 99.4 Å². The number of nitrogens with zero attached hydrogens (tertiary/aromatic N) is 13. The Morgan fingerprint density at radius 3 is 1.16 bits per heavy atom. The summed E-state index contributed by atoms with van der Waals surface area (Å²) in [7, 11) is 0. The SMILES string of the molecule is CCCN1CC(C(c2cccc(C)c2)c2cccc(Cl)c2)n2ncc(=O)c(O)c2C1=O.CCCN1CC(C(c2cccc(C)c2)c2cccc(F)c2)n2ncc(=O)c(OC(=O)C(C)C)c2C1=O.CCN1CC(C(c2ccccc2)c2cccc(C)c2)n2ncc(=O)c(OC(=O)c3cccnc3)c2C1=O.Cc1cccc(C(c2ccccc2)C2CN(C(C)C)C(=O)c3c(O)c(=O)cnn32)c1. The van der Waals surface area contributed by atoms with Crippen molar-refractivity contribution in [3.63, 3.8) is 0 Å². The van der Waals surface area contributed by atoms with Crippen LogP contribution in [0.25, 0.3) is 0 Å². The highest BCUT2D eigenvalue weighted by Crippen LogP contribution is 2.46. The summed E-state index contributed by atoms with van der Waals surface area (Å²) in [6.07, 6.45) is 8.66. The summed E-state index contributed by atoms with van der Waals surface area (Å²) < 4.78 is 31.5. The Labute approximate surface area is 779 Å². The number of aromatic hydroxyl groups is 2. The van der Waals surface area contributed by atoms with Crippen LogP contribution in [0, 0.1) is 39.4 Å². The van der Waals surface area contributed by atoms with E-state index in [9.17, 15) is 62.5 Å². The van der Waals surface area contributed by atoms with E-state index in [4.69, 9.17) is 21.1 Å². The number of hydrogen-bond acceptors (Lipinski definition) is 19. The van der Waals surface area contributed by atoms with Gasteiger partial charge in [-0.2, -0.15) is 20.4 Å². The molecule has 0 bridgehead atoms. The van der Waals surface area contributed by atoms with Crippen molar-refractivity contribution in [1.82, 2.24) is 63.7 Å². The van der Waals surface area contributed by atoms with Crippen molar-refractivity contribution >= 4 is 47.2 Å². The van der Waals surface area contributed by atoms with Gasteiger partial charge in [-0.3, -0.25) is 66.9 Å². The second-order valence-electron chi connectivity index (χ2n) is 34.4. The van der Waals surface area contributed by atoms with Gasteiger partial charge >= 0.3 is 11.9 Å². The van der Waals surface area contributed by atoms with Crippen LogP contribution >= 0.6 is 11.6 Å². The molecule has 8 atom stereocenters. The quantitative estimate of drug-likeness (QED) is 0.0595. The van der Waals surface area contributed by atoms with Gasteiger partial charge in [-0.1, -0.05) is 244 Å². The van der Waals surface area contributed by atoms with Gasteiger partial charge in [-0.05, 0) is 142 Å². The lowest BCUT2D eigenvalue weighted by molar-refractivity contribution is -0.137. The lowest BCUT2D eigenvalue weighted by Crippen LogP contribution is -2.49. The molecular formula is C105H105ClFN13O14. The fraction of sp³-hybridized carbons (Fsp3) is 0.286. The van der Waals surface area contributed by atoms with Crippen LogP contribution in [0.2, 0.25) is 5.02 Å². The second-order valence-corrected chi connectivity index (χ2v) is 34.9. The number of rotatable bonds is 22. The number of aromatic nitrogens is 9. The molecule has 4 amide bonds. The minimum absolute atomic E-state index is 0.0311. The smallest absolute Gasteiger partial charge is 0.345 e. The Morgan fingerprint density at radius 1 is 0.403 bits per heavy atom. The van der Waals surface area contributed by atoms with Crippen molar-refractivity contribution in [2.75, 3.05) is 45.8 Å². The monoisotopic (exact) mass is 1830 g/mol. The van der Waals surface area contributed by atoms with Crippen LogP contribution in [0.4, 0.5) is 4.39 Å². The third-order valence-corrected chi connectivity index (χ3v) is 24.6. The summed E-state index contributed by atoms with van der Waals surface area (Å²) in [5.74, 6) is -6.46. The van der Waals surface area contributed by atoms with E-state index in [1.54, 1.807) is 50.3 Å². The molecule has 17 rings (SSSR count). The lowest BCUT2D eigenvalue weighted by Gasteiger charge is -2.41. The predicted molar refractivity (Wildman–Crippen MR) is 506 cm³/mol. The Bertz CT molecular complexity index is 6700. The Morgan fingerprint density at radius 2 is 0.761 bits per heavy atom. The number of esters is 2. The van der Waals surface area contributed by atoms with Gasteiger partial charge in [0.2, 0.25) is 33.2 Å². The molecule has 0 saturated heterocycles. The van der Waals surface area contributed by atoms with Crippen LogP contribution in [-0.2, 0) is 4.79 Å². The fourth-order valence-electron chi connectivity index (χ4n) is 18.1. The molecule has 29 heteroatoms.